The first-order chi connectivity index (χ1) is 13.9. The lowest BCUT2D eigenvalue weighted by atomic mass is 10.0. The van der Waals surface area contributed by atoms with E-state index >= 15 is 0 Å². The number of aryl methyl sites for hydroxylation is 4. The van der Waals surface area contributed by atoms with Crippen molar-refractivity contribution in [3.05, 3.63) is 76.2 Å². The van der Waals surface area contributed by atoms with Crippen LogP contribution in [0, 0.1) is 27.7 Å². The third-order valence-corrected chi connectivity index (χ3v) is 5.28. The van der Waals surface area contributed by atoms with E-state index in [-0.39, 0.29) is 12.0 Å². The zero-order chi connectivity index (χ0) is 20.5. The van der Waals surface area contributed by atoms with Gasteiger partial charge in [-0.1, -0.05) is 29.8 Å². The third-order valence-electron chi connectivity index (χ3n) is 5.28. The molecule has 1 unspecified atom stereocenters. The Bertz CT molecular complexity index is 1090. The van der Waals surface area contributed by atoms with Crippen molar-refractivity contribution in [1.82, 2.24) is 15.3 Å². The summed E-state index contributed by atoms with van der Waals surface area (Å²) in [4.78, 5) is 21.7. The Morgan fingerprint density at radius 3 is 2.79 bits per heavy atom. The molecule has 1 aliphatic rings. The summed E-state index contributed by atoms with van der Waals surface area (Å²) < 4.78 is 6.24. The number of carbonyl (C=O) groups excluding carboxylic acids is 1. The maximum absolute atomic E-state index is 12.6. The molecule has 1 amide bonds. The second kappa shape index (κ2) is 7.66. The van der Waals surface area contributed by atoms with Crippen LogP contribution in [0.3, 0.4) is 0 Å². The second-order valence-electron chi connectivity index (χ2n) is 7.71. The van der Waals surface area contributed by atoms with E-state index in [1.807, 2.05) is 58.0 Å². The van der Waals surface area contributed by atoms with Crippen LogP contribution >= 0.6 is 0 Å². The monoisotopic (exact) mass is 387 g/mol. The molecule has 0 aliphatic carbocycles. The van der Waals surface area contributed by atoms with Crippen LogP contribution < -0.4 is 10.1 Å². The summed E-state index contributed by atoms with van der Waals surface area (Å²) >= 11 is 0. The van der Waals surface area contributed by atoms with E-state index in [2.05, 4.69) is 21.4 Å². The van der Waals surface area contributed by atoms with Gasteiger partial charge in [-0.3, -0.25) is 9.78 Å². The topological polar surface area (TPSA) is 64.1 Å². The van der Waals surface area contributed by atoms with Crippen molar-refractivity contribution in [2.24, 2.45) is 0 Å². The summed E-state index contributed by atoms with van der Waals surface area (Å²) in [5.74, 6) is 0.781. The van der Waals surface area contributed by atoms with Crippen LogP contribution in [-0.2, 0) is 6.42 Å². The molecule has 0 bridgehead atoms. The molecule has 0 fully saturated rings. The van der Waals surface area contributed by atoms with Crippen LogP contribution in [0.25, 0.3) is 11.3 Å². The molecule has 0 radical (unpaired) electrons. The fourth-order valence-corrected chi connectivity index (χ4v) is 3.80. The number of hydrogen-bond donors (Lipinski definition) is 1. The van der Waals surface area contributed by atoms with Gasteiger partial charge in [-0.2, -0.15) is 0 Å². The molecule has 0 spiro atoms. The van der Waals surface area contributed by atoms with Gasteiger partial charge in [-0.15, -0.1) is 0 Å². The van der Waals surface area contributed by atoms with Crippen molar-refractivity contribution in [2.75, 3.05) is 6.54 Å². The number of carbonyl (C=O) groups is 1. The van der Waals surface area contributed by atoms with E-state index in [4.69, 9.17) is 4.74 Å². The van der Waals surface area contributed by atoms with Gasteiger partial charge in [-0.25, -0.2) is 4.98 Å². The van der Waals surface area contributed by atoms with Crippen molar-refractivity contribution >= 4 is 5.91 Å². The number of ether oxygens (including phenoxy) is 1. The van der Waals surface area contributed by atoms with Gasteiger partial charge in [-0.05, 0) is 51.0 Å². The highest BCUT2D eigenvalue weighted by molar-refractivity contribution is 5.95. The van der Waals surface area contributed by atoms with Crippen LogP contribution in [0.2, 0.25) is 0 Å². The SMILES string of the molecule is Cc1ccc(C(=O)NCC2Cc3cccc(-c4nc(C)cnc4C)c3O2)c(C)c1. The Kier molecular flexibility index (Phi) is 5.05. The summed E-state index contributed by atoms with van der Waals surface area (Å²) in [6.45, 7) is 8.33. The molecule has 1 atom stereocenters. The van der Waals surface area contributed by atoms with Crippen molar-refractivity contribution < 1.29 is 9.53 Å². The van der Waals surface area contributed by atoms with Gasteiger partial charge in [0.25, 0.3) is 5.91 Å². The Labute approximate surface area is 171 Å². The van der Waals surface area contributed by atoms with Crippen LogP contribution in [0.5, 0.6) is 5.75 Å². The van der Waals surface area contributed by atoms with Crippen LogP contribution in [0.1, 0.15) is 38.4 Å². The molecule has 2 heterocycles. The molecule has 5 nitrogen and oxygen atoms in total. The summed E-state index contributed by atoms with van der Waals surface area (Å²) in [7, 11) is 0. The lowest BCUT2D eigenvalue weighted by Crippen LogP contribution is -2.34. The number of amides is 1. The highest BCUT2D eigenvalue weighted by atomic mass is 16.5. The number of para-hydroxylation sites is 1. The molecule has 4 rings (SSSR count). The average Bonchev–Trinajstić information content (AvgIpc) is 3.11. The maximum atomic E-state index is 12.6. The van der Waals surface area contributed by atoms with Crippen molar-refractivity contribution in [3.8, 4) is 17.0 Å². The van der Waals surface area contributed by atoms with Crippen molar-refractivity contribution in [1.29, 1.82) is 0 Å². The van der Waals surface area contributed by atoms with E-state index in [1.54, 1.807) is 6.20 Å². The molecule has 0 saturated heterocycles. The van der Waals surface area contributed by atoms with Gasteiger partial charge in [0.05, 0.1) is 23.6 Å². The van der Waals surface area contributed by atoms with Crippen LogP contribution in [0.15, 0.2) is 42.6 Å². The molecule has 0 saturated carbocycles. The number of hydrogen-bond acceptors (Lipinski definition) is 4. The molecule has 148 valence electrons. The van der Waals surface area contributed by atoms with Crippen LogP contribution in [-0.4, -0.2) is 28.5 Å². The average molecular weight is 387 g/mol. The lowest BCUT2D eigenvalue weighted by molar-refractivity contribution is 0.0933. The van der Waals surface area contributed by atoms with E-state index in [0.717, 1.165) is 51.5 Å². The Hall–Kier alpha value is -3.21. The molecule has 29 heavy (non-hydrogen) atoms. The zero-order valence-electron chi connectivity index (χ0n) is 17.2. The number of rotatable bonds is 4. The summed E-state index contributed by atoms with van der Waals surface area (Å²) in [5.41, 5.74) is 7.52. The van der Waals surface area contributed by atoms with E-state index in [9.17, 15) is 4.79 Å². The minimum Gasteiger partial charge on any atom is -0.487 e. The number of nitrogens with one attached hydrogen (secondary N) is 1. The first-order valence-electron chi connectivity index (χ1n) is 9.87. The summed E-state index contributed by atoms with van der Waals surface area (Å²) in [6.07, 6.45) is 2.43. The number of fused-ring (bicyclic) bond motifs is 1. The Morgan fingerprint density at radius 1 is 1.17 bits per heavy atom. The summed E-state index contributed by atoms with van der Waals surface area (Å²) in [5, 5.41) is 3.02. The lowest BCUT2D eigenvalue weighted by Gasteiger charge is -2.15. The molecule has 3 aromatic rings. The molecule has 5 heteroatoms. The van der Waals surface area contributed by atoms with Crippen molar-refractivity contribution in [2.45, 2.75) is 40.2 Å². The highest BCUT2D eigenvalue weighted by Crippen LogP contribution is 2.38. The smallest absolute Gasteiger partial charge is 0.251 e. The number of nitrogens with zero attached hydrogens (tertiary/aromatic N) is 2. The van der Waals surface area contributed by atoms with Crippen molar-refractivity contribution in [3.63, 3.8) is 0 Å². The normalized spacial score (nSPS) is 15.0. The Balaban J connectivity index is 1.50. The number of aromatic nitrogens is 2. The predicted molar refractivity (Wildman–Crippen MR) is 113 cm³/mol. The van der Waals surface area contributed by atoms with Gasteiger partial charge < -0.3 is 10.1 Å². The first kappa shape index (κ1) is 19.1. The molecule has 1 aromatic heterocycles. The number of benzene rings is 2. The van der Waals surface area contributed by atoms with Gasteiger partial charge in [0.15, 0.2) is 0 Å². The summed E-state index contributed by atoms with van der Waals surface area (Å²) in [6, 6.07) is 12.0. The van der Waals surface area contributed by atoms with Gasteiger partial charge >= 0.3 is 0 Å². The Morgan fingerprint density at radius 2 is 2.00 bits per heavy atom. The van der Waals surface area contributed by atoms with Gasteiger partial charge in [0.2, 0.25) is 0 Å². The first-order valence-corrected chi connectivity index (χ1v) is 9.87. The van der Waals surface area contributed by atoms with E-state index < -0.39 is 0 Å². The quantitative estimate of drug-likeness (QED) is 0.732. The zero-order valence-corrected chi connectivity index (χ0v) is 17.2. The van der Waals surface area contributed by atoms with Gasteiger partial charge in [0.1, 0.15) is 11.9 Å². The molecular formula is C24H25N3O2. The third kappa shape index (κ3) is 3.86. The van der Waals surface area contributed by atoms with Gasteiger partial charge in [0, 0.05) is 23.7 Å². The largest absolute Gasteiger partial charge is 0.487 e. The maximum Gasteiger partial charge on any atom is 0.251 e. The standard InChI is InChI=1S/C24H25N3O2/c1-14-8-9-20(15(2)10-14)24(28)26-13-19-11-18-6-5-7-21(23(18)29-19)22-17(4)25-12-16(3)27-22/h5-10,12,19H,11,13H2,1-4H3,(H,26,28). The van der Waals surface area contributed by atoms with E-state index in [1.165, 1.54) is 0 Å². The van der Waals surface area contributed by atoms with Crippen LogP contribution in [0.4, 0.5) is 0 Å². The molecule has 1 aliphatic heterocycles. The second-order valence-corrected chi connectivity index (χ2v) is 7.71. The fourth-order valence-electron chi connectivity index (χ4n) is 3.80. The van der Waals surface area contributed by atoms with E-state index in [0.29, 0.717) is 12.1 Å². The molecule has 2 aromatic carbocycles. The highest BCUT2D eigenvalue weighted by Gasteiger charge is 2.27. The fraction of sp³-hybridized carbons (Fsp3) is 0.292. The minimum atomic E-state index is -0.0982. The minimum absolute atomic E-state index is 0.0670. The predicted octanol–water partition coefficient (Wildman–Crippen LogP) is 4.11. The molecule has 1 N–H and O–H groups in total. The molecular weight excluding hydrogens is 362 g/mol.